The van der Waals surface area contributed by atoms with E-state index in [-0.39, 0.29) is 21.7 Å². The summed E-state index contributed by atoms with van der Waals surface area (Å²) in [6.45, 7) is 4.89. The lowest BCUT2D eigenvalue weighted by Crippen LogP contribution is -2.07. The van der Waals surface area contributed by atoms with Gasteiger partial charge in [0.1, 0.15) is 5.75 Å². The van der Waals surface area contributed by atoms with Crippen LogP contribution < -0.4 is 10.1 Å². The van der Waals surface area contributed by atoms with E-state index in [1.54, 1.807) is 54.6 Å². The number of sulfone groups is 1. The van der Waals surface area contributed by atoms with Gasteiger partial charge in [-0.25, -0.2) is 8.42 Å². The Hall–Kier alpha value is -3.58. The number of hydrogen-bond acceptors (Lipinski definition) is 6. The fourth-order valence-electron chi connectivity index (χ4n) is 3.18. The molecule has 0 fully saturated rings. The SMILES string of the molecule is CCOc1ccc(-c2nc(S(=O)(=O)c3ccccc3)c(NCc3ccc(C)cc3)o2)cc1. The van der Waals surface area contributed by atoms with E-state index in [9.17, 15) is 8.42 Å². The van der Waals surface area contributed by atoms with Crippen molar-refractivity contribution in [3.05, 3.63) is 90.0 Å². The molecule has 1 aromatic heterocycles. The van der Waals surface area contributed by atoms with Gasteiger partial charge >= 0.3 is 0 Å². The van der Waals surface area contributed by atoms with Crippen LogP contribution in [-0.4, -0.2) is 20.0 Å². The molecule has 6 nitrogen and oxygen atoms in total. The van der Waals surface area contributed by atoms with E-state index in [0.29, 0.717) is 18.7 Å². The third-order valence-electron chi connectivity index (χ3n) is 4.89. The Morgan fingerprint density at radius 2 is 1.62 bits per heavy atom. The van der Waals surface area contributed by atoms with Crippen molar-refractivity contribution >= 4 is 15.7 Å². The van der Waals surface area contributed by atoms with Gasteiger partial charge in [-0.15, -0.1) is 0 Å². The third-order valence-corrected chi connectivity index (χ3v) is 6.57. The van der Waals surface area contributed by atoms with Crippen molar-refractivity contribution in [2.24, 2.45) is 0 Å². The zero-order chi connectivity index (χ0) is 22.6. The fraction of sp³-hybridized carbons (Fsp3) is 0.160. The zero-order valence-corrected chi connectivity index (χ0v) is 18.7. The molecule has 1 heterocycles. The van der Waals surface area contributed by atoms with Gasteiger partial charge in [0.25, 0.3) is 0 Å². The molecule has 0 saturated heterocycles. The minimum absolute atomic E-state index is 0.110. The van der Waals surface area contributed by atoms with Crippen molar-refractivity contribution in [3.63, 3.8) is 0 Å². The monoisotopic (exact) mass is 448 g/mol. The Labute approximate surface area is 187 Å². The zero-order valence-electron chi connectivity index (χ0n) is 17.9. The molecule has 0 amide bonds. The number of nitrogens with zero attached hydrogens (tertiary/aromatic N) is 1. The van der Waals surface area contributed by atoms with Crippen LogP contribution >= 0.6 is 0 Å². The second-order valence-corrected chi connectivity index (χ2v) is 9.13. The number of anilines is 1. The van der Waals surface area contributed by atoms with Crippen LogP contribution in [0.5, 0.6) is 5.75 Å². The van der Waals surface area contributed by atoms with Crippen LogP contribution in [0, 0.1) is 6.92 Å². The average molecular weight is 449 g/mol. The number of oxazole rings is 1. The van der Waals surface area contributed by atoms with Crippen LogP contribution in [0.2, 0.25) is 0 Å². The van der Waals surface area contributed by atoms with Gasteiger partial charge in [-0.1, -0.05) is 48.0 Å². The molecule has 0 bridgehead atoms. The molecule has 0 spiro atoms. The summed E-state index contributed by atoms with van der Waals surface area (Å²) in [4.78, 5) is 4.53. The Morgan fingerprint density at radius 3 is 2.28 bits per heavy atom. The summed E-state index contributed by atoms with van der Waals surface area (Å²) in [5.41, 5.74) is 2.80. The number of ether oxygens (including phenoxy) is 1. The molecule has 7 heteroatoms. The van der Waals surface area contributed by atoms with Gasteiger partial charge in [0, 0.05) is 12.1 Å². The average Bonchev–Trinajstić information content (AvgIpc) is 3.25. The highest BCUT2D eigenvalue weighted by atomic mass is 32.2. The summed E-state index contributed by atoms with van der Waals surface area (Å²) in [6.07, 6.45) is 0. The lowest BCUT2D eigenvalue weighted by atomic mass is 10.1. The van der Waals surface area contributed by atoms with Crippen LogP contribution in [0.15, 0.2) is 93.2 Å². The van der Waals surface area contributed by atoms with Crippen molar-refractivity contribution in [3.8, 4) is 17.2 Å². The van der Waals surface area contributed by atoms with E-state index in [0.717, 1.165) is 16.9 Å². The van der Waals surface area contributed by atoms with Crippen LogP contribution in [0.25, 0.3) is 11.5 Å². The number of rotatable bonds is 8. The molecule has 0 unspecified atom stereocenters. The highest BCUT2D eigenvalue weighted by Gasteiger charge is 2.28. The molecule has 0 aliphatic carbocycles. The first-order valence-electron chi connectivity index (χ1n) is 10.3. The van der Waals surface area contributed by atoms with Gasteiger partial charge in [0.05, 0.1) is 11.5 Å². The van der Waals surface area contributed by atoms with Crippen LogP contribution in [0.3, 0.4) is 0 Å². The maximum Gasteiger partial charge on any atom is 0.234 e. The van der Waals surface area contributed by atoms with Gasteiger partial charge in [0.2, 0.25) is 26.6 Å². The first kappa shape index (κ1) is 21.6. The molecule has 0 saturated carbocycles. The van der Waals surface area contributed by atoms with E-state index in [1.807, 2.05) is 38.1 Å². The van der Waals surface area contributed by atoms with Gasteiger partial charge in [0.15, 0.2) is 0 Å². The summed E-state index contributed by atoms with van der Waals surface area (Å²) in [5.74, 6) is 1.05. The molecule has 0 aliphatic rings. The van der Waals surface area contributed by atoms with E-state index >= 15 is 0 Å². The minimum atomic E-state index is -3.88. The third kappa shape index (κ3) is 4.68. The number of benzene rings is 3. The maximum atomic E-state index is 13.3. The second kappa shape index (κ2) is 9.28. The molecule has 1 N–H and O–H groups in total. The van der Waals surface area contributed by atoms with Crippen molar-refractivity contribution < 1.29 is 17.6 Å². The molecule has 0 radical (unpaired) electrons. The quantitative estimate of drug-likeness (QED) is 0.384. The normalized spacial score (nSPS) is 11.3. The van der Waals surface area contributed by atoms with E-state index in [2.05, 4.69) is 10.3 Å². The smallest absolute Gasteiger partial charge is 0.234 e. The standard InChI is InChI=1S/C25H24N2O4S/c1-3-30-21-15-13-20(14-16-21)23-27-25(32(28,29)22-7-5-4-6-8-22)24(31-23)26-17-19-11-9-18(2)10-12-19/h4-16,26H,3,17H2,1-2H3. The molecule has 0 atom stereocenters. The minimum Gasteiger partial charge on any atom is -0.494 e. The molecular weight excluding hydrogens is 424 g/mol. The lowest BCUT2D eigenvalue weighted by Gasteiger charge is -2.06. The van der Waals surface area contributed by atoms with Gasteiger partial charge in [-0.05, 0) is 55.8 Å². The molecule has 164 valence electrons. The summed E-state index contributed by atoms with van der Waals surface area (Å²) in [6, 6.07) is 23.4. The molecule has 32 heavy (non-hydrogen) atoms. The topological polar surface area (TPSA) is 81.4 Å². The maximum absolute atomic E-state index is 13.3. The Bertz CT molecular complexity index is 1280. The van der Waals surface area contributed by atoms with Crippen LogP contribution in [0.1, 0.15) is 18.1 Å². The number of aryl methyl sites for hydroxylation is 1. The Morgan fingerprint density at radius 1 is 0.938 bits per heavy atom. The molecule has 3 aromatic carbocycles. The van der Waals surface area contributed by atoms with Crippen molar-refractivity contribution in [2.75, 3.05) is 11.9 Å². The predicted molar refractivity (Wildman–Crippen MR) is 124 cm³/mol. The summed E-state index contributed by atoms with van der Waals surface area (Å²) in [5, 5.41) is 2.97. The molecule has 4 aromatic rings. The highest BCUT2D eigenvalue weighted by Crippen LogP contribution is 2.33. The lowest BCUT2D eigenvalue weighted by molar-refractivity contribution is 0.340. The first-order chi connectivity index (χ1) is 15.5. The Kier molecular flexibility index (Phi) is 6.28. The van der Waals surface area contributed by atoms with Gasteiger partial charge < -0.3 is 14.5 Å². The van der Waals surface area contributed by atoms with E-state index in [4.69, 9.17) is 9.15 Å². The summed E-state index contributed by atoms with van der Waals surface area (Å²) >= 11 is 0. The van der Waals surface area contributed by atoms with E-state index in [1.165, 1.54) is 0 Å². The number of nitrogens with one attached hydrogen (secondary N) is 1. The van der Waals surface area contributed by atoms with Crippen LogP contribution in [-0.2, 0) is 16.4 Å². The van der Waals surface area contributed by atoms with E-state index < -0.39 is 9.84 Å². The second-order valence-electron chi connectivity index (χ2n) is 7.27. The summed E-state index contributed by atoms with van der Waals surface area (Å²) < 4.78 is 38.0. The predicted octanol–water partition coefficient (Wildman–Crippen LogP) is 5.49. The summed E-state index contributed by atoms with van der Waals surface area (Å²) in [7, 11) is -3.88. The van der Waals surface area contributed by atoms with Crippen molar-refractivity contribution in [2.45, 2.75) is 30.3 Å². The highest BCUT2D eigenvalue weighted by molar-refractivity contribution is 7.91. The van der Waals surface area contributed by atoms with Crippen molar-refractivity contribution in [1.82, 2.24) is 4.98 Å². The van der Waals surface area contributed by atoms with Crippen molar-refractivity contribution in [1.29, 1.82) is 0 Å². The molecular formula is C25H24N2O4S. The number of aromatic nitrogens is 1. The van der Waals surface area contributed by atoms with Crippen LogP contribution in [0.4, 0.5) is 5.88 Å². The molecule has 0 aliphatic heterocycles. The Balaban J connectivity index is 1.71. The van der Waals surface area contributed by atoms with Gasteiger partial charge in [-0.2, -0.15) is 4.98 Å². The molecule has 4 rings (SSSR count). The van der Waals surface area contributed by atoms with Gasteiger partial charge in [-0.3, -0.25) is 0 Å². The fourth-order valence-corrected chi connectivity index (χ4v) is 4.48. The largest absolute Gasteiger partial charge is 0.494 e. The number of hydrogen-bond donors (Lipinski definition) is 1. The first-order valence-corrected chi connectivity index (χ1v) is 11.8.